The first-order valence-electron chi connectivity index (χ1n) is 11.1. The topological polar surface area (TPSA) is 114 Å². The van der Waals surface area contributed by atoms with Gasteiger partial charge in [0.2, 0.25) is 11.6 Å². The number of methoxy groups -OCH3 is 1. The van der Waals surface area contributed by atoms with Crippen molar-refractivity contribution in [2.24, 2.45) is 10.1 Å². The van der Waals surface area contributed by atoms with Gasteiger partial charge in [-0.15, -0.1) is 11.3 Å². The molecular formula is C26H18N4O6S. The molecule has 3 aromatic carbocycles. The molecule has 1 aliphatic heterocycles. The number of aromatic nitrogens is 1. The molecule has 0 atom stereocenters. The van der Waals surface area contributed by atoms with Crippen molar-refractivity contribution in [3.05, 3.63) is 92.6 Å². The summed E-state index contributed by atoms with van der Waals surface area (Å²) in [5.74, 6) is 1.92. The summed E-state index contributed by atoms with van der Waals surface area (Å²) in [7, 11) is 1.58. The summed E-state index contributed by atoms with van der Waals surface area (Å²) in [5, 5.41) is 19.2. The lowest BCUT2D eigenvalue weighted by Crippen LogP contribution is -2.11. The lowest BCUT2D eigenvalue weighted by Gasteiger charge is -2.04. The summed E-state index contributed by atoms with van der Waals surface area (Å²) in [6, 6.07) is 19.8. The predicted octanol–water partition coefficient (Wildman–Crippen LogP) is 5.72. The van der Waals surface area contributed by atoms with Crippen molar-refractivity contribution in [3.8, 4) is 28.7 Å². The van der Waals surface area contributed by atoms with Gasteiger partial charge in [-0.1, -0.05) is 30.3 Å². The van der Waals surface area contributed by atoms with Crippen molar-refractivity contribution in [2.75, 3.05) is 13.9 Å². The van der Waals surface area contributed by atoms with E-state index in [0.717, 1.165) is 11.0 Å². The number of fused-ring (bicyclic) bond motifs is 2. The van der Waals surface area contributed by atoms with Crippen molar-refractivity contribution in [1.82, 2.24) is 4.68 Å². The molecule has 0 fully saturated rings. The van der Waals surface area contributed by atoms with Gasteiger partial charge < -0.3 is 18.6 Å². The maximum atomic E-state index is 11.7. The zero-order valence-electron chi connectivity index (χ0n) is 19.4. The Bertz CT molecular complexity index is 1720. The Balaban J connectivity index is 1.53. The van der Waals surface area contributed by atoms with E-state index in [1.807, 2.05) is 60.0 Å². The number of ether oxygens (including phenoxy) is 3. The van der Waals surface area contributed by atoms with E-state index < -0.39 is 4.92 Å². The molecule has 0 bridgehead atoms. The molecule has 37 heavy (non-hydrogen) atoms. The van der Waals surface area contributed by atoms with Crippen LogP contribution in [0.2, 0.25) is 0 Å². The van der Waals surface area contributed by atoms with Gasteiger partial charge in [0, 0.05) is 10.8 Å². The highest BCUT2D eigenvalue weighted by Crippen LogP contribution is 2.37. The number of hydrogen-bond donors (Lipinski definition) is 0. The maximum Gasteiger partial charge on any atom is 0.282 e. The summed E-state index contributed by atoms with van der Waals surface area (Å²) in [4.78, 5) is 16.5. The van der Waals surface area contributed by atoms with E-state index in [-0.39, 0.29) is 18.0 Å². The average Bonchev–Trinajstić information content (AvgIpc) is 3.64. The highest BCUT2D eigenvalue weighted by molar-refractivity contribution is 7.07. The van der Waals surface area contributed by atoms with E-state index in [9.17, 15) is 10.1 Å². The Morgan fingerprint density at radius 1 is 1.08 bits per heavy atom. The number of benzene rings is 3. The van der Waals surface area contributed by atoms with E-state index in [0.29, 0.717) is 39.2 Å². The number of para-hydroxylation sites is 3. The summed E-state index contributed by atoms with van der Waals surface area (Å²) >= 11 is 1.35. The summed E-state index contributed by atoms with van der Waals surface area (Å²) in [5.41, 5.74) is 2.08. The third-order valence-corrected chi connectivity index (χ3v) is 6.51. The van der Waals surface area contributed by atoms with Gasteiger partial charge in [0.1, 0.15) is 22.7 Å². The Morgan fingerprint density at radius 3 is 2.68 bits per heavy atom. The number of rotatable bonds is 6. The SMILES string of the molecule is COc1ccccc1N=c1scc(-c2cc3ccccc3o2)n1N=Cc1cc2c(cc1[N+](=O)[O-])OCO2. The van der Waals surface area contributed by atoms with Crippen molar-refractivity contribution < 1.29 is 23.6 Å². The van der Waals surface area contributed by atoms with Crippen LogP contribution in [-0.2, 0) is 0 Å². The Kier molecular flexibility index (Phi) is 5.66. The first kappa shape index (κ1) is 22.6. The van der Waals surface area contributed by atoms with E-state index >= 15 is 0 Å². The molecule has 0 saturated heterocycles. The fourth-order valence-corrected chi connectivity index (χ4v) is 4.75. The van der Waals surface area contributed by atoms with Gasteiger partial charge in [0.25, 0.3) is 5.69 Å². The van der Waals surface area contributed by atoms with Crippen LogP contribution in [0.3, 0.4) is 0 Å². The minimum absolute atomic E-state index is 0.00447. The number of nitro groups is 1. The van der Waals surface area contributed by atoms with Crippen molar-refractivity contribution >= 4 is 39.9 Å². The van der Waals surface area contributed by atoms with E-state index in [1.54, 1.807) is 11.8 Å². The second-order valence-corrected chi connectivity index (χ2v) is 8.75. The number of nitrogens with zero attached hydrogens (tertiary/aromatic N) is 4. The number of thiazole rings is 1. The minimum Gasteiger partial charge on any atom is -0.494 e. The number of hydrogen-bond acceptors (Lipinski definition) is 9. The third kappa shape index (κ3) is 4.21. The van der Waals surface area contributed by atoms with Crippen LogP contribution in [0, 0.1) is 10.1 Å². The first-order valence-corrected chi connectivity index (χ1v) is 12.0. The molecular weight excluding hydrogens is 496 g/mol. The van der Waals surface area contributed by atoms with Crippen LogP contribution in [0.15, 0.2) is 86.6 Å². The molecule has 6 rings (SSSR count). The summed E-state index contributed by atoms with van der Waals surface area (Å²) < 4.78 is 23.8. The van der Waals surface area contributed by atoms with E-state index in [1.165, 1.54) is 29.7 Å². The van der Waals surface area contributed by atoms with Gasteiger partial charge in [-0.25, -0.2) is 9.67 Å². The van der Waals surface area contributed by atoms with E-state index in [2.05, 4.69) is 5.10 Å². The largest absolute Gasteiger partial charge is 0.494 e. The zero-order chi connectivity index (χ0) is 25.4. The minimum atomic E-state index is -0.484. The molecule has 3 heterocycles. The van der Waals surface area contributed by atoms with Crippen molar-refractivity contribution in [1.29, 1.82) is 0 Å². The first-order chi connectivity index (χ1) is 18.1. The molecule has 0 amide bonds. The monoisotopic (exact) mass is 514 g/mol. The standard InChI is InChI=1S/C26H18N4O6S/c1-33-22-9-5-3-7-18(22)28-26-29(20(14-37-26)23-10-16-6-2-4-8-21(16)36-23)27-13-17-11-24-25(35-15-34-24)12-19(17)30(31)32/h2-14H,15H2,1H3. The molecule has 0 saturated carbocycles. The van der Waals surface area contributed by atoms with Crippen molar-refractivity contribution in [2.45, 2.75) is 0 Å². The molecule has 10 nitrogen and oxygen atoms in total. The molecule has 0 N–H and O–H groups in total. The molecule has 0 radical (unpaired) electrons. The molecule has 0 aliphatic carbocycles. The predicted molar refractivity (Wildman–Crippen MR) is 138 cm³/mol. The highest BCUT2D eigenvalue weighted by atomic mass is 32.1. The number of furan rings is 1. The molecule has 1 aliphatic rings. The Labute approximate surface area is 213 Å². The highest BCUT2D eigenvalue weighted by Gasteiger charge is 2.23. The zero-order valence-corrected chi connectivity index (χ0v) is 20.2. The lowest BCUT2D eigenvalue weighted by atomic mass is 10.1. The molecule has 0 spiro atoms. The summed E-state index contributed by atoms with van der Waals surface area (Å²) in [6.45, 7) is 0.00447. The molecule has 2 aromatic heterocycles. The van der Waals surface area contributed by atoms with Crippen LogP contribution in [0.1, 0.15) is 5.56 Å². The van der Waals surface area contributed by atoms with Crippen LogP contribution < -0.4 is 19.0 Å². The Morgan fingerprint density at radius 2 is 1.86 bits per heavy atom. The molecule has 0 unspecified atom stereocenters. The van der Waals surface area contributed by atoms with Gasteiger partial charge in [-0.05, 0) is 30.3 Å². The Hall–Kier alpha value is -4.90. The molecule has 11 heteroatoms. The number of nitro benzene ring substituents is 1. The summed E-state index contributed by atoms with van der Waals surface area (Å²) in [6.07, 6.45) is 1.40. The van der Waals surface area contributed by atoms with Gasteiger partial charge >= 0.3 is 0 Å². The maximum absolute atomic E-state index is 11.7. The van der Waals surface area contributed by atoms with Crippen LogP contribution in [0.25, 0.3) is 22.4 Å². The second kappa shape index (κ2) is 9.28. The fraction of sp³-hybridized carbons (Fsp3) is 0.0769. The van der Waals surface area contributed by atoms with Gasteiger partial charge in [0.15, 0.2) is 17.3 Å². The van der Waals surface area contributed by atoms with E-state index in [4.69, 9.17) is 23.6 Å². The van der Waals surface area contributed by atoms with Gasteiger partial charge in [0.05, 0.1) is 29.9 Å². The second-order valence-electron chi connectivity index (χ2n) is 7.91. The van der Waals surface area contributed by atoms with Crippen LogP contribution >= 0.6 is 11.3 Å². The van der Waals surface area contributed by atoms with Crippen LogP contribution in [0.5, 0.6) is 17.2 Å². The third-order valence-electron chi connectivity index (χ3n) is 5.70. The lowest BCUT2D eigenvalue weighted by molar-refractivity contribution is -0.385. The van der Waals surface area contributed by atoms with Crippen LogP contribution in [-0.4, -0.2) is 29.7 Å². The van der Waals surface area contributed by atoms with Gasteiger partial charge in [-0.2, -0.15) is 5.10 Å². The fourth-order valence-electron chi connectivity index (χ4n) is 3.92. The quantitative estimate of drug-likeness (QED) is 0.163. The van der Waals surface area contributed by atoms with Gasteiger partial charge in [-0.3, -0.25) is 10.1 Å². The smallest absolute Gasteiger partial charge is 0.282 e. The normalized spacial score (nSPS) is 13.1. The molecule has 184 valence electrons. The average molecular weight is 515 g/mol. The van der Waals surface area contributed by atoms with Crippen molar-refractivity contribution in [3.63, 3.8) is 0 Å². The van der Waals surface area contributed by atoms with Crippen LogP contribution in [0.4, 0.5) is 11.4 Å². The molecule has 5 aromatic rings.